The highest BCUT2D eigenvalue weighted by molar-refractivity contribution is 6.31. The molecule has 15 heavy (non-hydrogen) atoms. The third kappa shape index (κ3) is 1.39. The van der Waals surface area contributed by atoms with E-state index in [0.29, 0.717) is 6.04 Å². The van der Waals surface area contributed by atoms with Crippen molar-refractivity contribution in [3.63, 3.8) is 0 Å². The number of rotatable bonds is 1. The van der Waals surface area contributed by atoms with Crippen molar-refractivity contribution in [2.24, 2.45) is 0 Å². The summed E-state index contributed by atoms with van der Waals surface area (Å²) in [4.78, 5) is 0. The maximum absolute atomic E-state index is 4.41. The monoisotopic (exact) mass is 196 g/mol. The van der Waals surface area contributed by atoms with E-state index in [1.54, 1.807) is 0 Å². The van der Waals surface area contributed by atoms with Crippen LogP contribution in [0.25, 0.3) is 0 Å². The van der Waals surface area contributed by atoms with Crippen molar-refractivity contribution in [2.75, 3.05) is 0 Å². The fourth-order valence-corrected chi connectivity index (χ4v) is 2.41. The number of benzene rings is 1. The Labute approximate surface area is 90.3 Å². The molecular formula is C12H13BN2. The summed E-state index contributed by atoms with van der Waals surface area (Å²) in [5.74, 6) is 0. The molecule has 1 unspecified atom stereocenters. The number of hydrogen-bond donors (Lipinski definition) is 0. The molecular weight excluding hydrogens is 183 g/mol. The van der Waals surface area contributed by atoms with Crippen molar-refractivity contribution in [2.45, 2.75) is 18.9 Å². The molecule has 1 atom stereocenters. The highest BCUT2D eigenvalue weighted by Crippen LogP contribution is 2.32. The smallest absolute Gasteiger partial charge is 0.143 e. The van der Waals surface area contributed by atoms with Crippen LogP contribution in [0.5, 0.6) is 0 Å². The second-order valence-electron chi connectivity index (χ2n) is 4.25. The Balaban J connectivity index is 2.04. The molecule has 0 spiro atoms. The minimum absolute atomic E-state index is 0.454. The molecule has 1 aromatic heterocycles. The molecule has 1 heterocycles. The van der Waals surface area contributed by atoms with Gasteiger partial charge in [-0.25, -0.2) is 0 Å². The van der Waals surface area contributed by atoms with E-state index in [2.05, 4.69) is 48.1 Å². The van der Waals surface area contributed by atoms with Gasteiger partial charge in [0.25, 0.3) is 0 Å². The quantitative estimate of drug-likeness (QED) is 0.613. The van der Waals surface area contributed by atoms with Gasteiger partial charge in [0.2, 0.25) is 0 Å². The van der Waals surface area contributed by atoms with E-state index in [-0.39, 0.29) is 0 Å². The number of fused-ring (bicyclic) bond motifs is 1. The van der Waals surface area contributed by atoms with Gasteiger partial charge in [-0.1, -0.05) is 29.7 Å². The first-order valence-electron chi connectivity index (χ1n) is 5.43. The topological polar surface area (TPSA) is 17.8 Å². The van der Waals surface area contributed by atoms with E-state index >= 15 is 0 Å². The molecule has 0 saturated carbocycles. The van der Waals surface area contributed by atoms with Gasteiger partial charge < -0.3 is 0 Å². The summed E-state index contributed by atoms with van der Waals surface area (Å²) in [6.07, 6.45) is 6.42. The summed E-state index contributed by atoms with van der Waals surface area (Å²) in [7, 11) is 2.09. The lowest BCUT2D eigenvalue weighted by atomic mass is 10.0. The summed E-state index contributed by atoms with van der Waals surface area (Å²) in [5.41, 5.74) is 4.16. The Morgan fingerprint density at radius 1 is 1.33 bits per heavy atom. The molecule has 2 nitrogen and oxygen atoms in total. The predicted molar refractivity (Wildman–Crippen MR) is 63.3 cm³/mol. The van der Waals surface area contributed by atoms with Gasteiger partial charge in [-0.2, -0.15) is 5.10 Å². The molecule has 3 rings (SSSR count). The lowest BCUT2D eigenvalue weighted by Gasteiger charge is -2.11. The Morgan fingerprint density at radius 3 is 3.00 bits per heavy atom. The summed E-state index contributed by atoms with van der Waals surface area (Å²) in [5, 5.41) is 4.41. The molecule has 3 heteroatoms. The summed E-state index contributed by atoms with van der Waals surface area (Å²) >= 11 is 0. The highest BCUT2D eigenvalue weighted by atomic mass is 15.3. The van der Waals surface area contributed by atoms with E-state index in [4.69, 9.17) is 0 Å². The molecule has 0 aliphatic heterocycles. The third-order valence-electron chi connectivity index (χ3n) is 3.15. The van der Waals surface area contributed by atoms with E-state index in [9.17, 15) is 0 Å². The molecule has 74 valence electrons. The largest absolute Gasteiger partial charge is 0.266 e. The molecule has 0 bridgehead atoms. The first-order valence-corrected chi connectivity index (χ1v) is 5.43. The molecule has 0 radical (unpaired) electrons. The zero-order valence-electron chi connectivity index (χ0n) is 8.85. The SMILES string of the molecule is Bc1cnn(C2CCc3ccccc32)c1. The number of hydrogen-bond acceptors (Lipinski definition) is 1. The third-order valence-corrected chi connectivity index (χ3v) is 3.15. The van der Waals surface area contributed by atoms with E-state index in [0.717, 1.165) is 0 Å². The van der Waals surface area contributed by atoms with Gasteiger partial charge in [-0.3, -0.25) is 4.68 Å². The van der Waals surface area contributed by atoms with Crippen LogP contribution in [0.1, 0.15) is 23.6 Å². The van der Waals surface area contributed by atoms with E-state index in [1.807, 2.05) is 6.20 Å². The van der Waals surface area contributed by atoms with Crippen LogP contribution < -0.4 is 5.46 Å². The van der Waals surface area contributed by atoms with Crippen LogP contribution in [-0.4, -0.2) is 17.6 Å². The first kappa shape index (κ1) is 8.78. The standard InChI is InChI=1S/C12H13BN2/c13-10-7-14-15(8-10)12-6-5-9-3-1-2-4-11(9)12/h1-4,7-8,12H,5-6,13H2. The van der Waals surface area contributed by atoms with Crippen molar-refractivity contribution in [1.29, 1.82) is 0 Å². The number of aryl methyl sites for hydroxylation is 1. The van der Waals surface area contributed by atoms with Crippen LogP contribution in [0.3, 0.4) is 0 Å². The minimum atomic E-state index is 0.454. The van der Waals surface area contributed by atoms with Gasteiger partial charge in [0, 0.05) is 12.4 Å². The Bertz CT molecular complexity index is 490. The van der Waals surface area contributed by atoms with E-state index < -0.39 is 0 Å². The van der Waals surface area contributed by atoms with Gasteiger partial charge in [0.05, 0.1) is 6.04 Å². The van der Waals surface area contributed by atoms with Crippen LogP contribution >= 0.6 is 0 Å². The Kier molecular flexibility index (Phi) is 1.91. The van der Waals surface area contributed by atoms with Crippen molar-refractivity contribution < 1.29 is 0 Å². The van der Waals surface area contributed by atoms with E-state index in [1.165, 1.54) is 29.4 Å². The van der Waals surface area contributed by atoms with Crippen LogP contribution in [0, 0.1) is 0 Å². The lowest BCUT2D eigenvalue weighted by Crippen LogP contribution is -2.08. The molecule has 2 aromatic rings. The maximum atomic E-state index is 4.41. The molecule has 1 aliphatic carbocycles. The summed E-state index contributed by atoms with van der Waals surface area (Å²) in [6, 6.07) is 9.15. The summed E-state index contributed by atoms with van der Waals surface area (Å²) in [6.45, 7) is 0. The predicted octanol–water partition coefficient (Wildman–Crippen LogP) is 0.677. The number of aromatic nitrogens is 2. The maximum Gasteiger partial charge on any atom is 0.143 e. The second kappa shape index (κ2) is 3.26. The van der Waals surface area contributed by atoms with Crippen molar-refractivity contribution in [3.05, 3.63) is 47.8 Å². The van der Waals surface area contributed by atoms with Gasteiger partial charge in [-0.15, -0.1) is 0 Å². The summed E-state index contributed by atoms with van der Waals surface area (Å²) < 4.78 is 2.10. The molecule has 1 aromatic carbocycles. The second-order valence-corrected chi connectivity index (χ2v) is 4.25. The normalized spacial score (nSPS) is 19.1. The van der Waals surface area contributed by atoms with Gasteiger partial charge >= 0.3 is 0 Å². The van der Waals surface area contributed by atoms with Crippen LogP contribution in [-0.2, 0) is 6.42 Å². The van der Waals surface area contributed by atoms with Gasteiger partial charge in [-0.05, 0) is 24.0 Å². The fraction of sp³-hybridized carbons (Fsp3) is 0.250. The lowest BCUT2D eigenvalue weighted by molar-refractivity contribution is 0.520. The van der Waals surface area contributed by atoms with Crippen LogP contribution in [0.2, 0.25) is 0 Å². The average molecular weight is 196 g/mol. The molecule has 0 amide bonds. The molecule has 0 saturated heterocycles. The average Bonchev–Trinajstić information content (AvgIpc) is 2.83. The Hall–Kier alpha value is -1.51. The first-order chi connectivity index (χ1) is 7.34. The molecule has 1 aliphatic rings. The zero-order valence-corrected chi connectivity index (χ0v) is 8.85. The highest BCUT2D eigenvalue weighted by Gasteiger charge is 2.23. The van der Waals surface area contributed by atoms with Gasteiger partial charge in [0.15, 0.2) is 0 Å². The van der Waals surface area contributed by atoms with Crippen molar-refractivity contribution >= 4 is 13.3 Å². The number of nitrogens with zero attached hydrogens (tertiary/aromatic N) is 2. The minimum Gasteiger partial charge on any atom is -0.266 e. The van der Waals surface area contributed by atoms with Crippen molar-refractivity contribution in [1.82, 2.24) is 9.78 Å². The zero-order chi connectivity index (χ0) is 10.3. The van der Waals surface area contributed by atoms with Gasteiger partial charge in [0.1, 0.15) is 7.85 Å². The van der Waals surface area contributed by atoms with Crippen molar-refractivity contribution in [3.8, 4) is 0 Å². The van der Waals surface area contributed by atoms with Crippen LogP contribution in [0.4, 0.5) is 0 Å². The van der Waals surface area contributed by atoms with Crippen LogP contribution in [0.15, 0.2) is 36.7 Å². The Morgan fingerprint density at radius 2 is 2.20 bits per heavy atom. The fourth-order valence-electron chi connectivity index (χ4n) is 2.41. The molecule has 0 N–H and O–H groups in total. The molecule has 0 fully saturated rings.